The van der Waals surface area contributed by atoms with E-state index in [-0.39, 0.29) is 17.4 Å². The van der Waals surface area contributed by atoms with Gasteiger partial charge in [-0.3, -0.25) is 4.79 Å². The second-order valence-electron chi connectivity index (χ2n) is 6.79. The normalized spacial score (nSPS) is 11.2. The van der Waals surface area contributed by atoms with Crippen molar-refractivity contribution in [3.63, 3.8) is 0 Å². The third kappa shape index (κ3) is 5.72. The summed E-state index contributed by atoms with van der Waals surface area (Å²) in [7, 11) is 0. The lowest BCUT2D eigenvalue weighted by Crippen LogP contribution is -1.94. The molecule has 0 amide bonds. The molecule has 156 valence electrons. The van der Waals surface area contributed by atoms with Crippen LogP contribution >= 0.6 is 22.9 Å². The number of ketones is 1. The topological polar surface area (TPSA) is 39.4 Å². The number of carbonyl (C=O) groups excluding carboxylic acids is 1. The third-order valence-corrected chi connectivity index (χ3v) is 5.87. The summed E-state index contributed by atoms with van der Waals surface area (Å²) in [6, 6.07) is 21.4. The highest BCUT2D eigenvalue weighted by Gasteiger charge is 2.09. The number of halogens is 2. The van der Waals surface area contributed by atoms with Crippen LogP contribution in [0.5, 0.6) is 5.75 Å². The number of rotatable bonds is 8. The number of hydrogen-bond donors (Lipinski definition) is 0. The molecule has 0 aliphatic heterocycles. The Hall–Kier alpha value is -3.15. The molecule has 3 nitrogen and oxygen atoms in total. The highest BCUT2D eigenvalue weighted by Crippen LogP contribution is 2.26. The molecule has 2 heterocycles. The molecule has 0 unspecified atom stereocenters. The first kappa shape index (κ1) is 21.1. The van der Waals surface area contributed by atoms with Crippen LogP contribution in [0.3, 0.4) is 0 Å². The van der Waals surface area contributed by atoms with Crippen LogP contribution in [0.15, 0.2) is 83.3 Å². The van der Waals surface area contributed by atoms with Gasteiger partial charge in [-0.15, -0.1) is 11.3 Å². The Labute approximate surface area is 188 Å². The lowest BCUT2D eigenvalue weighted by Gasteiger charge is -2.05. The van der Waals surface area contributed by atoms with Crippen LogP contribution in [0.2, 0.25) is 5.02 Å². The SMILES string of the molecule is O=C(/C=C/c1ccc(COc2ccc(F)cc2Cl)o1)c1ccc(Cc2ccccc2)s1. The molecule has 4 rings (SSSR count). The average molecular weight is 453 g/mol. The Morgan fingerprint density at radius 2 is 1.90 bits per heavy atom. The fourth-order valence-electron chi connectivity index (χ4n) is 2.95. The van der Waals surface area contributed by atoms with E-state index in [1.165, 1.54) is 41.2 Å². The van der Waals surface area contributed by atoms with Crippen molar-refractivity contribution in [2.75, 3.05) is 0 Å². The minimum Gasteiger partial charge on any atom is -0.484 e. The summed E-state index contributed by atoms with van der Waals surface area (Å²) in [5, 5.41) is 0.194. The highest BCUT2D eigenvalue weighted by molar-refractivity contribution is 7.14. The second-order valence-corrected chi connectivity index (χ2v) is 8.37. The van der Waals surface area contributed by atoms with Gasteiger partial charge in [-0.2, -0.15) is 0 Å². The van der Waals surface area contributed by atoms with Gasteiger partial charge in [-0.1, -0.05) is 41.9 Å². The number of ether oxygens (including phenoxy) is 1. The van der Waals surface area contributed by atoms with Gasteiger partial charge < -0.3 is 9.15 Å². The molecule has 0 radical (unpaired) electrons. The smallest absolute Gasteiger partial charge is 0.195 e. The number of benzene rings is 2. The first-order valence-electron chi connectivity index (χ1n) is 9.58. The number of carbonyl (C=O) groups is 1. The van der Waals surface area contributed by atoms with Crippen LogP contribution in [-0.2, 0) is 13.0 Å². The van der Waals surface area contributed by atoms with Gasteiger partial charge in [0, 0.05) is 11.3 Å². The minimum absolute atomic E-state index is 0.0726. The largest absolute Gasteiger partial charge is 0.484 e. The third-order valence-electron chi connectivity index (χ3n) is 4.47. The van der Waals surface area contributed by atoms with E-state index in [0.717, 1.165) is 11.3 Å². The van der Waals surface area contributed by atoms with Gasteiger partial charge in [0.05, 0.1) is 9.90 Å². The van der Waals surface area contributed by atoms with E-state index in [4.69, 9.17) is 20.8 Å². The van der Waals surface area contributed by atoms with Gasteiger partial charge in [-0.25, -0.2) is 4.39 Å². The maximum atomic E-state index is 13.1. The molecule has 0 bridgehead atoms. The maximum absolute atomic E-state index is 13.1. The molecular formula is C25H18ClFO3S. The molecule has 2 aromatic heterocycles. The quantitative estimate of drug-likeness (QED) is 0.209. The number of furan rings is 1. The molecule has 0 saturated carbocycles. The first-order chi connectivity index (χ1) is 15.1. The molecule has 31 heavy (non-hydrogen) atoms. The van der Waals surface area contributed by atoms with Crippen LogP contribution in [0, 0.1) is 5.82 Å². The monoisotopic (exact) mass is 452 g/mol. The Balaban J connectivity index is 1.33. The van der Waals surface area contributed by atoms with Gasteiger partial charge in [0.1, 0.15) is 29.7 Å². The molecule has 0 aliphatic carbocycles. The highest BCUT2D eigenvalue weighted by atomic mass is 35.5. The van der Waals surface area contributed by atoms with Crippen LogP contribution in [0.25, 0.3) is 6.08 Å². The second kappa shape index (κ2) is 9.77. The Bertz CT molecular complexity index is 1210. The summed E-state index contributed by atoms with van der Waals surface area (Å²) < 4.78 is 24.3. The maximum Gasteiger partial charge on any atom is 0.195 e. The number of hydrogen-bond acceptors (Lipinski definition) is 4. The molecule has 0 spiro atoms. The Morgan fingerprint density at radius 3 is 2.71 bits per heavy atom. The fraction of sp³-hybridized carbons (Fsp3) is 0.0800. The van der Waals surface area contributed by atoms with Crippen molar-refractivity contribution in [1.82, 2.24) is 0 Å². The van der Waals surface area contributed by atoms with E-state index < -0.39 is 5.82 Å². The van der Waals surface area contributed by atoms with E-state index in [0.29, 0.717) is 22.1 Å². The van der Waals surface area contributed by atoms with E-state index in [1.807, 2.05) is 30.3 Å². The summed E-state index contributed by atoms with van der Waals surface area (Å²) in [5.41, 5.74) is 1.21. The predicted octanol–water partition coefficient (Wildman–Crippen LogP) is 7.20. The predicted molar refractivity (Wildman–Crippen MR) is 121 cm³/mol. The van der Waals surface area contributed by atoms with Crippen molar-refractivity contribution < 1.29 is 18.3 Å². The fourth-order valence-corrected chi connectivity index (χ4v) is 4.13. The van der Waals surface area contributed by atoms with E-state index in [9.17, 15) is 9.18 Å². The molecule has 0 saturated heterocycles. The van der Waals surface area contributed by atoms with Crippen molar-refractivity contribution in [1.29, 1.82) is 0 Å². The Morgan fingerprint density at radius 1 is 1.06 bits per heavy atom. The van der Waals surface area contributed by atoms with Crippen molar-refractivity contribution in [3.8, 4) is 5.75 Å². The van der Waals surface area contributed by atoms with Crippen molar-refractivity contribution in [3.05, 3.63) is 117 Å². The first-order valence-corrected chi connectivity index (χ1v) is 10.8. The van der Waals surface area contributed by atoms with Crippen LogP contribution in [-0.4, -0.2) is 5.78 Å². The van der Waals surface area contributed by atoms with Gasteiger partial charge in [0.25, 0.3) is 0 Å². The molecule has 0 aliphatic rings. The standard InChI is InChI=1S/C25H18ClFO3S/c26-22-15-18(27)6-12-24(22)29-16-20-8-7-19(30-20)9-11-23(28)25-13-10-21(31-25)14-17-4-2-1-3-5-17/h1-13,15H,14,16H2/b11-9+. The summed E-state index contributed by atoms with van der Waals surface area (Å²) >= 11 is 7.44. The van der Waals surface area contributed by atoms with Crippen molar-refractivity contribution in [2.45, 2.75) is 13.0 Å². The molecule has 4 aromatic rings. The molecule has 0 atom stereocenters. The summed E-state index contributed by atoms with van der Waals surface area (Å²) in [6.07, 6.45) is 3.94. The molecule has 2 aromatic carbocycles. The van der Waals surface area contributed by atoms with E-state index >= 15 is 0 Å². The van der Waals surface area contributed by atoms with Crippen LogP contribution in [0.1, 0.15) is 31.6 Å². The molecule has 0 N–H and O–H groups in total. The van der Waals surface area contributed by atoms with Gasteiger partial charge in [0.2, 0.25) is 0 Å². The lowest BCUT2D eigenvalue weighted by atomic mass is 10.1. The molecule has 6 heteroatoms. The Kier molecular flexibility index (Phi) is 6.65. The van der Waals surface area contributed by atoms with E-state index in [2.05, 4.69) is 12.1 Å². The zero-order valence-corrected chi connectivity index (χ0v) is 18.0. The van der Waals surface area contributed by atoms with Crippen molar-refractivity contribution >= 4 is 34.8 Å². The lowest BCUT2D eigenvalue weighted by molar-refractivity contribution is 0.105. The number of thiophene rings is 1. The molecular weight excluding hydrogens is 435 g/mol. The summed E-state index contributed by atoms with van der Waals surface area (Å²) in [4.78, 5) is 14.3. The average Bonchev–Trinajstić information content (AvgIpc) is 3.42. The van der Waals surface area contributed by atoms with Crippen LogP contribution < -0.4 is 4.74 Å². The minimum atomic E-state index is -0.426. The van der Waals surface area contributed by atoms with Crippen LogP contribution in [0.4, 0.5) is 4.39 Å². The zero-order chi connectivity index (χ0) is 21.6. The zero-order valence-electron chi connectivity index (χ0n) is 16.4. The number of allylic oxidation sites excluding steroid dienone is 1. The van der Waals surface area contributed by atoms with Gasteiger partial charge >= 0.3 is 0 Å². The van der Waals surface area contributed by atoms with Gasteiger partial charge in [0.15, 0.2) is 5.78 Å². The molecule has 0 fully saturated rings. The van der Waals surface area contributed by atoms with Gasteiger partial charge in [-0.05, 0) is 60.2 Å². The summed E-state index contributed by atoms with van der Waals surface area (Å²) in [6.45, 7) is 0.140. The van der Waals surface area contributed by atoms with Crippen molar-refractivity contribution in [2.24, 2.45) is 0 Å². The summed E-state index contributed by atoms with van der Waals surface area (Å²) in [5.74, 6) is 0.977. The van der Waals surface area contributed by atoms with E-state index in [1.54, 1.807) is 18.2 Å².